The lowest BCUT2D eigenvalue weighted by Gasteiger charge is -2.10. The molecule has 2 aromatic carbocycles. The summed E-state index contributed by atoms with van der Waals surface area (Å²) < 4.78 is 7.33. The fourth-order valence-electron chi connectivity index (χ4n) is 3.49. The Balaban J connectivity index is 1.76. The van der Waals surface area contributed by atoms with E-state index in [-0.39, 0.29) is 13.2 Å². The SMILES string of the molecule is Cn1cc(C2=C(c3ccc(OC[C@H](O)CO)cc3)C(=O)NC2=O)c2ccccc21. The van der Waals surface area contributed by atoms with Gasteiger partial charge in [-0.3, -0.25) is 14.9 Å². The van der Waals surface area contributed by atoms with Crippen molar-refractivity contribution >= 4 is 33.9 Å². The summed E-state index contributed by atoms with van der Waals surface area (Å²) in [7, 11) is 1.90. The number of carbonyl (C=O) groups is 2. The topological polar surface area (TPSA) is 101 Å². The van der Waals surface area contributed by atoms with Crippen LogP contribution in [0.15, 0.2) is 54.7 Å². The highest BCUT2D eigenvalue weighted by Crippen LogP contribution is 2.36. The normalized spacial score (nSPS) is 15.1. The number of amides is 2. The summed E-state index contributed by atoms with van der Waals surface area (Å²) in [5.74, 6) is -0.381. The van der Waals surface area contributed by atoms with Gasteiger partial charge in [-0.05, 0) is 23.8 Å². The van der Waals surface area contributed by atoms with Crippen molar-refractivity contribution in [3.05, 3.63) is 65.9 Å². The second kappa shape index (κ2) is 7.54. The van der Waals surface area contributed by atoms with E-state index >= 15 is 0 Å². The Morgan fingerprint density at radius 1 is 1.03 bits per heavy atom. The van der Waals surface area contributed by atoms with Gasteiger partial charge in [0.15, 0.2) is 0 Å². The number of imide groups is 1. The number of ether oxygens (including phenoxy) is 1. The minimum absolute atomic E-state index is 0.0429. The van der Waals surface area contributed by atoms with Gasteiger partial charge in [-0.1, -0.05) is 30.3 Å². The van der Waals surface area contributed by atoms with Gasteiger partial charge in [0.05, 0.1) is 17.8 Å². The van der Waals surface area contributed by atoms with Crippen molar-refractivity contribution in [2.75, 3.05) is 13.2 Å². The predicted octanol–water partition coefficient (Wildman–Crippen LogP) is 1.48. The van der Waals surface area contributed by atoms with Crippen LogP contribution in [0.4, 0.5) is 0 Å². The fraction of sp³-hybridized carbons (Fsp3) is 0.182. The first-order chi connectivity index (χ1) is 14.0. The Hall–Kier alpha value is -3.42. The van der Waals surface area contributed by atoms with Crippen molar-refractivity contribution in [1.29, 1.82) is 0 Å². The van der Waals surface area contributed by atoms with E-state index in [0.29, 0.717) is 28.0 Å². The van der Waals surface area contributed by atoms with Crippen molar-refractivity contribution in [1.82, 2.24) is 9.88 Å². The molecule has 0 unspecified atom stereocenters. The lowest BCUT2D eigenvalue weighted by Crippen LogP contribution is -2.22. The number of hydrogen-bond donors (Lipinski definition) is 3. The first-order valence-electron chi connectivity index (χ1n) is 9.16. The number of rotatable bonds is 6. The molecule has 0 radical (unpaired) electrons. The van der Waals surface area contributed by atoms with Gasteiger partial charge in [-0.2, -0.15) is 0 Å². The van der Waals surface area contributed by atoms with Crippen LogP contribution in [-0.4, -0.2) is 45.9 Å². The molecule has 0 spiro atoms. The highest BCUT2D eigenvalue weighted by Gasteiger charge is 2.33. The zero-order valence-electron chi connectivity index (χ0n) is 15.8. The van der Waals surface area contributed by atoms with E-state index in [1.165, 1.54) is 0 Å². The summed E-state index contributed by atoms with van der Waals surface area (Å²) in [5.41, 5.74) is 2.91. The maximum atomic E-state index is 12.6. The summed E-state index contributed by atoms with van der Waals surface area (Å²) >= 11 is 0. The van der Waals surface area contributed by atoms with Crippen LogP contribution < -0.4 is 10.1 Å². The zero-order valence-corrected chi connectivity index (χ0v) is 15.8. The number of aliphatic hydroxyl groups excluding tert-OH is 2. The Bertz CT molecular complexity index is 1130. The average molecular weight is 392 g/mol. The van der Waals surface area contributed by atoms with Gasteiger partial charge in [0, 0.05) is 29.7 Å². The minimum atomic E-state index is -0.964. The molecule has 29 heavy (non-hydrogen) atoms. The van der Waals surface area contributed by atoms with Gasteiger partial charge in [-0.25, -0.2) is 0 Å². The van der Waals surface area contributed by atoms with Crippen LogP contribution in [0.3, 0.4) is 0 Å². The Kier molecular flexibility index (Phi) is 4.92. The molecule has 1 atom stereocenters. The van der Waals surface area contributed by atoms with Crippen LogP contribution in [-0.2, 0) is 16.6 Å². The Morgan fingerprint density at radius 3 is 2.45 bits per heavy atom. The summed E-state index contributed by atoms with van der Waals surface area (Å²) in [6.45, 7) is -0.430. The third kappa shape index (κ3) is 3.41. The van der Waals surface area contributed by atoms with Crippen molar-refractivity contribution in [3.8, 4) is 5.75 Å². The molecule has 4 rings (SSSR count). The molecule has 1 aliphatic rings. The van der Waals surface area contributed by atoms with Crippen molar-refractivity contribution in [2.24, 2.45) is 7.05 Å². The number of para-hydroxylation sites is 1. The second-order valence-corrected chi connectivity index (χ2v) is 6.88. The van der Waals surface area contributed by atoms with Gasteiger partial charge in [0.2, 0.25) is 0 Å². The molecular formula is C22H20N2O5. The molecule has 2 amide bonds. The molecule has 1 aliphatic heterocycles. The fourth-order valence-corrected chi connectivity index (χ4v) is 3.49. The van der Waals surface area contributed by atoms with Gasteiger partial charge < -0.3 is 19.5 Å². The van der Waals surface area contributed by atoms with Crippen molar-refractivity contribution in [2.45, 2.75) is 6.10 Å². The minimum Gasteiger partial charge on any atom is -0.491 e. The molecule has 7 nitrogen and oxygen atoms in total. The molecular weight excluding hydrogens is 372 g/mol. The number of nitrogens with one attached hydrogen (secondary N) is 1. The molecule has 3 N–H and O–H groups in total. The van der Waals surface area contributed by atoms with E-state index in [0.717, 1.165) is 10.9 Å². The standard InChI is InChI=1S/C22H20N2O5/c1-24-10-17(16-4-2-3-5-18(16)24)20-19(21(27)23-22(20)28)13-6-8-15(9-7-13)29-12-14(26)11-25/h2-10,14,25-26H,11-12H2,1H3,(H,23,27,28)/t14-/m1/s1. The number of aryl methyl sites for hydroxylation is 1. The number of aromatic nitrogens is 1. The van der Waals surface area contributed by atoms with E-state index in [2.05, 4.69) is 5.32 Å². The first-order valence-corrected chi connectivity index (χ1v) is 9.16. The molecule has 0 bridgehead atoms. The summed E-state index contributed by atoms with van der Waals surface area (Å²) in [6, 6.07) is 14.4. The zero-order chi connectivity index (χ0) is 20.5. The van der Waals surface area contributed by atoms with Crippen LogP contribution in [0.2, 0.25) is 0 Å². The number of nitrogens with zero attached hydrogens (tertiary/aromatic N) is 1. The van der Waals surface area contributed by atoms with Crippen LogP contribution >= 0.6 is 0 Å². The molecule has 1 aromatic heterocycles. The monoisotopic (exact) mass is 392 g/mol. The number of aliphatic hydroxyl groups is 2. The molecule has 0 saturated heterocycles. The van der Waals surface area contributed by atoms with E-state index < -0.39 is 17.9 Å². The lowest BCUT2D eigenvalue weighted by atomic mass is 9.96. The largest absolute Gasteiger partial charge is 0.491 e. The molecule has 0 fully saturated rings. The number of hydrogen-bond acceptors (Lipinski definition) is 5. The summed E-state index contributed by atoms with van der Waals surface area (Å²) in [5, 5.41) is 21.5. The molecule has 0 aliphatic carbocycles. The highest BCUT2D eigenvalue weighted by molar-refractivity contribution is 6.50. The van der Waals surface area contributed by atoms with Crippen LogP contribution in [0.25, 0.3) is 22.0 Å². The lowest BCUT2D eigenvalue weighted by molar-refractivity contribution is -0.122. The Labute approximate surface area is 166 Å². The maximum absolute atomic E-state index is 12.6. The van der Waals surface area contributed by atoms with Crippen LogP contribution in [0.1, 0.15) is 11.1 Å². The molecule has 0 saturated carbocycles. The number of benzene rings is 2. The van der Waals surface area contributed by atoms with Crippen molar-refractivity contribution < 1.29 is 24.5 Å². The molecule has 2 heterocycles. The average Bonchev–Trinajstić information content (AvgIpc) is 3.22. The van der Waals surface area contributed by atoms with Crippen LogP contribution in [0, 0.1) is 0 Å². The summed E-state index contributed by atoms with van der Waals surface area (Å²) in [4.78, 5) is 25.2. The molecule has 148 valence electrons. The third-order valence-corrected chi connectivity index (χ3v) is 4.89. The predicted molar refractivity (Wildman–Crippen MR) is 108 cm³/mol. The number of fused-ring (bicyclic) bond motifs is 1. The quantitative estimate of drug-likeness (QED) is 0.552. The van der Waals surface area contributed by atoms with Gasteiger partial charge in [-0.15, -0.1) is 0 Å². The van der Waals surface area contributed by atoms with Crippen molar-refractivity contribution in [3.63, 3.8) is 0 Å². The Morgan fingerprint density at radius 2 is 1.72 bits per heavy atom. The summed E-state index contributed by atoms with van der Waals surface area (Å²) in [6.07, 6.45) is 0.889. The molecule has 3 aromatic rings. The van der Waals surface area contributed by atoms with E-state index in [1.54, 1.807) is 24.3 Å². The number of carbonyl (C=O) groups excluding carboxylic acids is 2. The maximum Gasteiger partial charge on any atom is 0.259 e. The smallest absolute Gasteiger partial charge is 0.259 e. The highest BCUT2D eigenvalue weighted by atomic mass is 16.5. The van der Waals surface area contributed by atoms with Gasteiger partial charge >= 0.3 is 0 Å². The third-order valence-electron chi connectivity index (χ3n) is 4.89. The first kappa shape index (κ1) is 18.9. The van der Waals surface area contributed by atoms with E-state index in [1.807, 2.05) is 42.1 Å². The van der Waals surface area contributed by atoms with E-state index in [9.17, 15) is 14.7 Å². The van der Waals surface area contributed by atoms with Gasteiger partial charge in [0.1, 0.15) is 18.5 Å². The van der Waals surface area contributed by atoms with Crippen LogP contribution in [0.5, 0.6) is 5.75 Å². The van der Waals surface area contributed by atoms with Gasteiger partial charge in [0.25, 0.3) is 11.8 Å². The van der Waals surface area contributed by atoms with E-state index in [4.69, 9.17) is 9.84 Å². The molecule has 7 heteroatoms. The second-order valence-electron chi connectivity index (χ2n) is 6.88.